The Morgan fingerprint density at radius 3 is 2.83 bits per heavy atom. The minimum atomic E-state index is -0.509. The van der Waals surface area contributed by atoms with Crippen LogP contribution in [0.15, 0.2) is 40.6 Å². The van der Waals surface area contributed by atoms with E-state index >= 15 is 0 Å². The van der Waals surface area contributed by atoms with Gasteiger partial charge in [0.05, 0.1) is 4.92 Å². The zero-order valence-corrected chi connectivity index (χ0v) is 10.2. The molecule has 0 atom stereocenters. The highest BCUT2D eigenvalue weighted by atomic mass is 32.2. The topological polar surface area (TPSA) is 93.8 Å². The second-order valence-corrected chi connectivity index (χ2v) is 4.17. The average molecular weight is 263 g/mol. The Labute approximate surface area is 107 Å². The molecular weight excluding hydrogens is 254 g/mol. The van der Waals surface area contributed by atoms with Crippen LogP contribution in [0.1, 0.15) is 0 Å². The van der Waals surface area contributed by atoms with Crippen molar-refractivity contribution in [3.63, 3.8) is 0 Å². The Kier molecular flexibility index (Phi) is 3.68. The molecule has 0 aliphatic heterocycles. The van der Waals surface area contributed by atoms with Gasteiger partial charge in [-0.05, 0) is 23.9 Å². The number of nitrogens with one attached hydrogen (secondary N) is 1. The van der Waals surface area contributed by atoms with E-state index in [-0.39, 0.29) is 10.7 Å². The molecule has 2 aromatic heterocycles. The van der Waals surface area contributed by atoms with E-state index in [1.54, 1.807) is 31.4 Å². The molecule has 0 aromatic carbocycles. The summed E-state index contributed by atoms with van der Waals surface area (Å²) in [6.45, 7) is 0. The summed E-state index contributed by atoms with van der Waals surface area (Å²) in [5, 5.41) is 14.5. The number of nitro groups is 1. The fourth-order valence-corrected chi connectivity index (χ4v) is 2.01. The molecule has 92 valence electrons. The number of rotatable bonds is 4. The van der Waals surface area contributed by atoms with Crippen LogP contribution in [0.25, 0.3) is 0 Å². The highest BCUT2D eigenvalue weighted by molar-refractivity contribution is 7.99. The number of hydrogen-bond donors (Lipinski definition) is 1. The van der Waals surface area contributed by atoms with Crippen molar-refractivity contribution in [1.29, 1.82) is 0 Å². The van der Waals surface area contributed by atoms with Crippen molar-refractivity contribution in [1.82, 2.24) is 15.0 Å². The molecule has 0 saturated carbocycles. The molecule has 0 fully saturated rings. The Balaban J connectivity index is 2.38. The molecule has 0 aliphatic carbocycles. The van der Waals surface area contributed by atoms with Gasteiger partial charge in [0.1, 0.15) is 11.2 Å². The molecule has 0 spiro atoms. The van der Waals surface area contributed by atoms with Gasteiger partial charge in [-0.15, -0.1) is 0 Å². The van der Waals surface area contributed by atoms with Crippen molar-refractivity contribution >= 4 is 23.4 Å². The smallest absolute Gasteiger partial charge is 0.320 e. The number of hydrogen-bond acceptors (Lipinski definition) is 7. The van der Waals surface area contributed by atoms with Gasteiger partial charge in [-0.1, -0.05) is 6.07 Å². The number of aromatic nitrogens is 3. The first kappa shape index (κ1) is 12.2. The predicted octanol–water partition coefficient (Wildman–Crippen LogP) is 1.97. The summed E-state index contributed by atoms with van der Waals surface area (Å²) in [4.78, 5) is 22.4. The first-order valence-corrected chi connectivity index (χ1v) is 5.80. The lowest BCUT2D eigenvalue weighted by atomic mass is 10.5. The zero-order valence-electron chi connectivity index (χ0n) is 9.40. The third kappa shape index (κ3) is 2.72. The molecule has 2 rings (SSSR count). The molecule has 0 amide bonds. The van der Waals surface area contributed by atoms with E-state index in [0.717, 1.165) is 11.8 Å². The lowest BCUT2D eigenvalue weighted by Gasteiger charge is -2.03. The first-order chi connectivity index (χ1) is 8.70. The highest BCUT2D eigenvalue weighted by Crippen LogP contribution is 2.31. The molecule has 2 heterocycles. The summed E-state index contributed by atoms with van der Waals surface area (Å²) in [5.74, 6) is 0.332. The van der Waals surface area contributed by atoms with Crippen molar-refractivity contribution in [3.05, 3.63) is 40.7 Å². The largest absolute Gasteiger partial charge is 0.357 e. The van der Waals surface area contributed by atoms with Crippen molar-refractivity contribution < 1.29 is 4.92 Å². The maximum atomic E-state index is 10.9. The molecule has 18 heavy (non-hydrogen) atoms. The van der Waals surface area contributed by atoms with Crippen LogP contribution in [0.4, 0.5) is 11.6 Å². The van der Waals surface area contributed by atoms with Gasteiger partial charge in [0, 0.05) is 13.2 Å². The van der Waals surface area contributed by atoms with Crippen LogP contribution in [0.2, 0.25) is 0 Å². The van der Waals surface area contributed by atoms with E-state index in [2.05, 4.69) is 20.3 Å². The Morgan fingerprint density at radius 2 is 2.22 bits per heavy atom. The SMILES string of the molecule is CNc1ncc([N+](=O)[O-])c(Sc2ccccn2)n1. The van der Waals surface area contributed by atoms with E-state index in [9.17, 15) is 10.1 Å². The van der Waals surface area contributed by atoms with E-state index in [0.29, 0.717) is 11.0 Å². The third-order valence-corrected chi connectivity index (χ3v) is 2.94. The zero-order chi connectivity index (χ0) is 13.0. The quantitative estimate of drug-likeness (QED) is 0.512. The number of anilines is 1. The van der Waals surface area contributed by atoms with Gasteiger partial charge in [0.15, 0.2) is 5.03 Å². The van der Waals surface area contributed by atoms with Crippen molar-refractivity contribution in [3.8, 4) is 0 Å². The maximum absolute atomic E-state index is 10.9. The van der Waals surface area contributed by atoms with Crippen LogP contribution in [0.5, 0.6) is 0 Å². The Morgan fingerprint density at radius 1 is 1.39 bits per heavy atom. The van der Waals surface area contributed by atoms with E-state index < -0.39 is 4.92 Å². The standard InChI is InChI=1S/C10H9N5O2S/c1-11-10-13-6-7(15(16)17)9(14-10)18-8-4-2-3-5-12-8/h2-6H,1H3,(H,11,13,14). The molecule has 0 unspecified atom stereocenters. The summed E-state index contributed by atoms with van der Waals surface area (Å²) in [7, 11) is 1.65. The fourth-order valence-electron chi connectivity index (χ4n) is 1.19. The molecule has 0 aliphatic rings. The van der Waals surface area contributed by atoms with E-state index in [1.807, 2.05) is 0 Å². The number of nitrogens with zero attached hydrogens (tertiary/aromatic N) is 4. The second-order valence-electron chi connectivity index (χ2n) is 3.16. The van der Waals surface area contributed by atoms with Crippen LogP contribution in [-0.4, -0.2) is 26.9 Å². The third-order valence-electron chi connectivity index (χ3n) is 1.99. The minimum Gasteiger partial charge on any atom is -0.357 e. The second kappa shape index (κ2) is 5.41. The molecule has 8 heteroatoms. The van der Waals surface area contributed by atoms with Crippen molar-refractivity contribution in [2.45, 2.75) is 10.1 Å². The maximum Gasteiger partial charge on any atom is 0.320 e. The van der Waals surface area contributed by atoms with Gasteiger partial charge in [-0.2, -0.15) is 4.98 Å². The Hall–Kier alpha value is -2.22. The normalized spacial score (nSPS) is 10.1. The number of pyridine rings is 1. The molecule has 0 saturated heterocycles. The lowest BCUT2D eigenvalue weighted by molar-refractivity contribution is -0.388. The summed E-state index contributed by atoms with van der Waals surface area (Å²) in [6.07, 6.45) is 2.80. The highest BCUT2D eigenvalue weighted by Gasteiger charge is 2.18. The molecule has 0 bridgehead atoms. The summed E-state index contributed by atoms with van der Waals surface area (Å²) in [6, 6.07) is 5.34. The molecule has 1 N–H and O–H groups in total. The van der Waals surface area contributed by atoms with Crippen molar-refractivity contribution in [2.75, 3.05) is 12.4 Å². The molecule has 0 radical (unpaired) electrons. The van der Waals surface area contributed by atoms with Crippen LogP contribution in [0.3, 0.4) is 0 Å². The lowest BCUT2D eigenvalue weighted by Crippen LogP contribution is -2.01. The first-order valence-electron chi connectivity index (χ1n) is 4.99. The van der Waals surface area contributed by atoms with Gasteiger partial charge in [0.25, 0.3) is 0 Å². The summed E-state index contributed by atoms with van der Waals surface area (Å²) in [5.41, 5.74) is -0.135. The molecule has 2 aromatic rings. The molecule has 7 nitrogen and oxygen atoms in total. The molecular formula is C10H9N5O2S. The average Bonchev–Trinajstić information content (AvgIpc) is 2.39. The minimum absolute atomic E-state index is 0.135. The van der Waals surface area contributed by atoms with Crippen LogP contribution < -0.4 is 5.32 Å². The van der Waals surface area contributed by atoms with Gasteiger partial charge in [-0.25, -0.2) is 9.97 Å². The van der Waals surface area contributed by atoms with Crippen LogP contribution in [-0.2, 0) is 0 Å². The van der Waals surface area contributed by atoms with Gasteiger partial charge >= 0.3 is 5.69 Å². The van der Waals surface area contributed by atoms with Crippen LogP contribution in [0, 0.1) is 10.1 Å². The van der Waals surface area contributed by atoms with E-state index in [4.69, 9.17) is 0 Å². The summed E-state index contributed by atoms with van der Waals surface area (Å²) >= 11 is 1.13. The Bertz CT molecular complexity index is 563. The fraction of sp³-hybridized carbons (Fsp3) is 0.100. The van der Waals surface area contributed by atoms with Crippen LogP contribution >= 0.6 is 11.8 Å². The van der Waals surface area contributed by atoms with E-state index in [1.165, 1.54) is 6.20 Å². The van der Waals surface area contributed by atoms with Gasteiger partial charge in [-0.3, -0.25) is 10.1 Å². The van der Waals surface area contributed by atoms with Gasteiger partial charge < -0.3 is 5.32 Å². The monoisotopic (exact) mass is 263 g/mol. The summed E-state index contributed by atoms with van der Waals surface area (Å²) < 4.78 is 0. The van der Waals surface area contributed by atoms with Gasteiger partial charge in [0.2, 0.25) is 5.95 Å². The predicted molar refractivity (Wildman–Crippen MR) is 66.6 cm³/mol. The van der Waals surface area contributed by atoms with Crippen molar-refractivity contribution in [2.24, 2.45) is 0 Å².